The number of esters is 1. The van der Waals surface area contributed by atoms with Gasteiger partial charge in [-0.05, 0) is 36.0 Å². The number of rotatable bonds is 2. The van der Waals surface area contributed by atoms with Gasteiger partial charge in [0.2, 0.25) is 0 Å². The first-order valence-corrected chi connectivity index (χ1v) is 7.46. The van der Waals surface area contributed by atoms with Crippen LogP contribution in [0, 0.1) is 22.2 Å². The maximum Gasteiger partial charge on any atom is 0.323 e. The van der Waals surface area contributed by atoms with E-state index in [0.29, 0.717) is 5.92 Å². The second kappa shape index (κ2) is 4.21. The maximum atomic E-state index is 12.2. The van der Waals surface area contributed by atoms with Gasteiger partial charge in [-0.1, -0.05) is 41.5 Å². The van der Waals surface area contributed by atoms with Crippen LogP contribution >= 0.6 is 0 Å². The minimum Gasteiger partial charge on any atom is -0.461 e. The Labute approximate surface area is 117 Å². The first-order chi connectivity index (χ1) is 8.50. The number of carbonyl (C=O) groups is 1. The number of hydrogen-bond acceptors (Lipinski definition) is 3. The Kier molecular flexibility index (Phi) is 3.29. The summed E-state index contributed by atoms with van der Waals surface area (Å²) in [5, 5.41) is 0. The van der Waals surface area contributed by atoms with Crippen molar-refractivity contribution >= 4 is 5.97 Å². The molecule has 0 aromatic rings. The molecular weight excluding hydrogens is 238 g/mol. The summed E-state index contributed by atoms with van der Waals surface area (Å²) in [5.74, 6) is 0.447. The van der Waals surface area contributed by atoms with Gasteiger partial charge >= 0.3 is 5.97 Å². The number of hydrogen-bond donors (Lipinski definition) is 1. The Morgan fingerprint density at radius 2 is 1.89 bits per heavy atom. The largest absolute Gasteiger partial charge is 0.461 e. The van der Waals surface area contributed by atoms with E-state index in [1.54, 1.807) is 0 Å². The van der Waals surface area contributed by atoms with Gasteiger partial charge in [-0.2, -0.15) is 0 Å². The number of ether oxygens (including phenoxy) is 1. The molecule has 0 aromatic carbocycles. The fourth-order valence-corrected chi connectivity index (χ4v) is 3.88. The molecule has 0 amide bonds. The number of carbonyl (C=O) groups excluding carboxylic acids is 1. The summed E-state index contributed by atoms with van der Waals surface area (Å²) in [4.78, 5) is 12.2. The Morgan fingerprint density at radius 1 is 1.32 bits per heavy atom. The van der Waals surface area contributed by atoms with Crippen LogP contribution in [0.3, 0.4) is 0 Å². The molecule has 0 radical (unpaired) electrons. The minimum absolute atomic E-state index is 0.0437. The molecule has 3 nitrogen and oxygen atoms in total. The molecule has 4 atom stereocenters. The van der Waals surface area contributed by atoms with E-state index in [1.807, 2.05) is 20.8 Å². The van der Waals surface area contributed by atoms with Gasteiger partial charge in [-0.15, -0.1) is 0 Å². The topological polar surface area (TPSA) is 52.3 Å². The Hall–Kier alpha value is -0.570. The van der Waals surface area contributed by atoms with Crippen LogP contribution in [0.2, 0.25) is 0 Å². The SMILES string of the molecule is CC(C)(C)[C@@H](N)C(=O)OC1CC2CCC1(C)C2(C)C. The Morgan fingerprint density at radius 3 is 2.26 bits per heavy atom. The lowest BCUT2D eigenvalue weighted by molar-refractivity contribution is -0.161. The van der Waals surface area contributed by atoms with E-state index in [1.165, 1.54) is 6.42 Å². The Bertz CT molecular complexity index is 383. The second-order valence-electron chi connectivity index (χ2n) is 8.38. The summed E-state index contributed by atoms with van der Waals surface area (Å²) < 4.78 is 5.81. The fourth-order valence-electron chi connectivity index (χ4n) is 3.88. The van der Waals surface area contributed by atoms with E-state index >= 15 is 0 Å². The lowest BCUT2D eigenvalue weighted by atomic mass is 9.70. The van der Waals surface area contributed by atoms with Crippen LogP contribution < -0.4 is 5.73 Å². The van der Waals surface area contributed by atoms with Gasteiger partial charge in [0, 0.05) is 5.41 Å². The van der Waals surface area contributed by atoms with Crippen LogP contribution in [0.15, 0.2) is 0 Å². The molecule has 2 N–H and O–H groups in total. The zero-order chi connectivity index (χ0) is 14.6. The summed E-state index contributed by atoms with van der Waals surface area (Å²) in [6, 6.07) is -0.543. The first kappa shape index (κ1) is 14.8. The van der Waals surface area contributed by atoms with Crippen molar-refractivity contribution in [1.82, 2.24) is 0 Å². The van der Waals surface area contributed by atoms with E-state index in [9.17, 15) is 4.79 Å². The lowest BCUT2D eigenvalue weighted by Gasteiger charge is -2.39. The summed E-state index contributed by atoms with van der Waals surface area (Å²) in [5.41, 5.74) is 6.15. The predicted molar refractivity (Wildman–Crippen MR) is 76.5 cm³/mol. The van der Waals surface area contributed by atoms with Crippen molar-refractivity contribution in [2.75, 3.05) is 0 Å². The van der Waals surface area contributed by atoms with Crippen molar-refractivity contribution in [1.29, 1.82) is 0 Å². The predicted octanol–water partition coefficient (Wildman–Crippen LogP) is 3.12. The zero-order valence-electron chi connectivity index (χ0n) is 13.2. The van der Waals surface area contributed by atoms with E-state index < -0.39 is 6.04 Å². The average molecular weight is 267 g/mol. The van der Waals surface area contributed by atoms with Gasteiger partial charge in [0.15, 0.2) is 0 Å². The van der Waals surface area contributed by atoms with Gasteiger partial charge < -0.3 is 10.5 Å². The molecule has 0 saturated heterocycles. The van der Waals surface area contributed by atoms with E-state index in [4.69, 9.17) is 10.5 Å². The van der Waals surface area contributed by atoms with E-state index in [2.05, 4.69) is 20.8 Å². The highest BCUT2D eigenvalue weighted by atomic mass is 16.5. The molecule has 110 valence electrons. The quantitative estimate of drug-likeness (QED) is 0.782. The third kappa shape index (κ3) is 2.10. The molecule has 0 aromatic heterocycles. The van der Waals surface area contributed by atoms with Crippen LogP contribution in [-0.4, -0.2) is 18.1 Å². The second-order valence-corrected chi connectivity index (χ2v) is 8.38. The lowest BCUT2D eigenvalue weighted by Crippen LogP contribution is -2.47. The van der Waals surface area contributed by atoms with Gasteiger partial charge in [0.1, 0.15) is 12.1 Å². The summed E-state index contributed by atoms with van der Waals surface area (Å²) in [7, 11) is 0. The van der Waals surface area contributed by atoms with Crippen LogP contribution in [0.5, 0.6) is 0 Å². The monoisotopic (exact) mass is 267 g/mol. The molecule has 2 aliphatic carbocycles. The van der Waals surface area contributed by atoms with Crippen molar-refractivity contribution in [2.45, 2.75) is 73.0 Å². The number of nitrogens with two attached hydrogens (primary N) is 1. The van der Waals surface area contributed by atoms with E-state index in [0.717, 1.165) is 12.8 Å². The molecule has 19 heavy (non-hydrogen) atoms. The molecule has 2 aliphatic rings. The van der Waals surface area contributed by atoms with Gasteiger partial charge in [0.05, 0.1) is 0 Å². The maximum absolute atomic E-state index is 12.2. The fraction of sp³-hybridized carbons (Fsp3) is 0.938. The van der Waals surface area contributed by atoms with Gasteiger partial charge in [-0.25, -0.2) is 0 Å². The van der Waals surface area contributed by atoms with Gasteiger partial charge in [-0.3, -0.25) is 4.79 Å². The molecule has 3 heteroatoms. The molecule has 2 bridgehead atoms. The van der Waals surface area contributed by atoms with Crippen LogP contribution in [0.25, 0.3) is 0 Å². The third-order valence-corrected chi connectivity index (χ3v) is 6.16. The highest BCUT2D eigenvalue weighted by Gasteiger charge is 2.63. The minimum atomic E-state index is -0.543. The normalized spacial score (nSPS) is 38.3. The van der Waals surface area contributed by atoms with Crippen molar-refractivity contribution < 1.29 is 9.53 Å². The number of fused-ring (bicyclic) bond motifs is 2. The van der Waals surface area contributed by atoms with Crippen molar-refractivity contribution in [3.63, 3.8) is 0 Å². The smallest absolute Gasteiger partial charge is 0.323 e. The molecule has 2 fully saturated rings. The summed E-state index contributed by atoms with van der Waals surface area (Å²) in [6.07, 6.45) is 3.48. The van der Waals surface area contributed by atoms with Crippen molar-refractivity contribution in [3.8, 4) is 0 Å². The first-order valence-electron chi connectivity index (χ1n) is 7.46. The van der Waals surface area contributed by atoms with Crippen molar-refractivity contribution in [2.24, 2.45) is 27.9 Å². The summed E-state index contributed by atoms with van der Waals surface area (Å²) in [6.45, 7) is 12.9. The highest BCUT2D eigenvalue weighted by molar-refractivity contribution is 5.76. The molecule has 0 heterocycles. The highest BCUT2D eigenvalue weighted by Crippen LogP contribution is 2.66. The summed E-state index contributed by atoms with van der Waals surface area (Å²) >= 11 is 0. The van der Waals surface area contributed by atoms with E-state index in [-0.39, 0.29) is 28.3 Å². The Balaban J connectivity index is 2.09. The van der Waals surface area contributed by atoms with Gasteiger partial charge in [0.25, 0.3) is 0 Å². The zero-order valence-corrected chi connectivity index (χ0v) is 13.2. The molecule has 2 saturated carbocycles. The standard InChI is InChI=1S/C16H29NO2/c1-14(2,3)12(17)13(18)19-11-9-10-7-8-16(11,6)15(10,4)5/h10-12H,7-9,17H2,1-6H3/t10?,11?,12-,16?/m0/s1. The van der Waals surface area contributed by atoms with Crippen LogP contribution in [-0.2, 0) is 9.53 Å². The van der Waals surface area contributed by atoms with Crippen LogP contribution in [0.1, 0.15) is 60.8 Å². The molecule has 0 spiro atoms. The molecular formula is C16H29NO2. The molecule has 2 rings (SSSR count). The molecule has 0 aliphatic heterocycles. The average Bonchev–Trinajstić information content (AvgIpc) is 2.59. The molecule has 3 unspecified atom stereocenters. The third-order valence-electron chi connectivity index (χ3n) is 6.16. The van der Waals surface area contributed by atoms with Crippen LogP contribution in [0.4, 0.5) is 0 Å². The van der Waals surface area contributed by atoms with Crippen molar-refractivity contribution in [3.05, 3.63) is 0 Å².